The molecule has 1 atom stereocenters. The molecule has 156 valence electrons. The number of rotatable bonds is 13. The van der Waals surface area contributed by atoms with Crippen molar-refractivity contribution in [2.75, 3.05) is 72.5 Å². The molecule has 0 amide bonds. The minimum Gasteiger partial charge on any atom is -0.318 e. The smallest absolute Gasteiger partial charge is 0.0202 e. The Kier molecular flexibility index (Phi) is 11.3. The lowest BCUT2D eigenvalue weighted by Crippen LogP contribution is -2.56. The first-order chi connectivity index (χ1) is 12.3. The maximum Gasteiger partial charge on any atom is 0.0202 e. The lowest BCUT2D eigenvalue weighted by molar-refractivity contribution is 0.0365. The summed E-state index contributed by atoms with van der Waals surface area (Å²) in [5, 5.41) is 6.79. The van der Waals surface area contributed by atoms with Crippen molar-refractivity contribution in [3.63, 3.8) is 0 Å². The minimum atomic E-state index is 0.282. The van der Waals surface area contributed by atoms with Gasteiger partial charge in [-0.25, -0.2) is 0 Å². The van der Waals surface area contributed by atoms with Gasteiger partial charge in [-0.3, -0.25) is 14.7 Å². The van der Waals surface area contributed by atoms with E-state index in [2.05, 4.69) is 66.9 Å². The van der Waals surface area contributed by atoms with Crippen molar-refractivity contribution in [3.8, 4) is 0 Å². The first-order valence-corrected chi connectivity index (χ1v) is 10.9. The molecule has 0 radical (unpaired) electrons. The summed E-state index contributed by atoms with van der Waals surface area (Å²) in [5.74, 6) is 0.669. The first kappa shape index (κ1) is 23.8. The molecule has 1 fully saturated rings. The van der Waals surface area contributed by atoms with Gasteiger partial charge >= 0.3 is 0 Å². The largest absolute Gasteiger partial charge is 0.318 e. The van der Waals surface area contributed by atoms with Crippen molar-refractivity contribution in [3.05, 3.63) is 0 Å². The van der Waals surface area contributed by atoms with Crippen LogP contribution in [0.15, 0.2) is 0 Å². The van der Waals surface area contributed by atoms with Crippen molar-refractivity contribution < 1.29 is 0 Å². The van der Waals surface area contributed by atoms with Gasteiger partial charge in [0, 0.05) is 77.0 Å². The second-order valence-corrected chi connectivity index (χ2v) is 8.68. The molecule has 5 heteroatoms. The van der Waals surface area contributed by atoms with Crippen molar-refractivity contribution in [1.29, 1.82) is 0 Å². The highest BCUT2D eigenvalue weighted by molar-refractivity contribution is 4.89. The average molecular weight is 370 g/mol. The van der Waals surface area contributed by atoms with E-state index in [4.69, 9.17) is 0 Å². The summed E-state index contributed by atoms with van der Waals surface area (Å²) in [6.07, 6.45) is 1.21. The maximum atomic E-state index is 3.58. The Balaban J connectivity index is 2.53. The third-order valence-corrected chi connectivity index (χ3v) is 6.62. The second-order valence-electron chi connectivity index (χ2n) is 8.68. The molecule has 1 heterocycles. The van der Waals surface area contributed by atoms with Crippen LogP contribution in [0.25, 0.3) is 0 Å². The van der Waals surface area contributed by atoms with E-state index in [0.717, 1.165) is 26.2 Å². The fourth-order valence-electron chi connectivity index (χ4n) is 3.94. The summed E-state index contributed by atoms with van der Waals surface area (Å²) >= 11 is 0. The third kappa shape index (κ3) is 7.43. The lowest BCUT2D eigenvalue weighted by Gasteiger charge is -2.46. The SMILES string of the molecule is CCC(C)(C(C)C)N(CCNCCNC)CCN1CCN(C(C)C)CC1. The van der Waals surface area contributed by atoms with E-state index in [1.54, 1.807) is 0 Å². The van der Waals surface area contributed by atoms with Crippen LogP contribution in [0.2, 0.25) is 0 Å². The number of hydrogen-bond donors (Lipinski definition) is 2. The van der Waals surface area contributed by atoms with Gasteiger partial charge in [-0.2, -0.15) is 0 Å². The predicted molar refractivity (Wildman–Crippen MR) is 115 cm³/mol. The van der Waals surface area contributed by atoms with Crippen LogP contribution in [0, 0.1) is 5.92 Å². The molecule has 1 aliphatic rings. The summed E-state index contributed by atoms with van der Waals surface area (Å²) < 4.78 is 0. The minimum absolute atomic E-state index is 0.282. The Morgan fingerprint density at radius 1 is 0.962 bits per heavy atom. The molecule has 0 aromatic carbocycles. The number of nitrogens with one attached hydrogen (secondary N) is 2. The second kappa shape index (κ2) is 12.3. The van der Waals surface area contributed by atoms with E-state index in [1.165, 1.54) is 45.7 Å². The molecule has 0 aromatic heterocycles. The van der Waals surface area contributed by atoms with Crippen molar-refractivity contribution in [1.82, 2.24) is 25.3 Å². The summed E-state index contributed by atoms with van der Waals surface area (Å²) in [6, 6.07) is 0.682. The molecule has 1 saturated heterocycles. The van der Waals surface area contributed by atoms with Crippen LogP contribution in [-0.4, -0.2) is 98.8 Å². The van der Waals surface area contributed by atoms with Crippen LogP contribution in [-0.2, 0) is 0 Å². The molecule has 0 aromatic rings. The van der Waals surface area contributed by atoms with Gasteiger partial charge in [0.05, 0.1) is 0 Å². The van der Waals surface area contributed by atoms with Crippen LogP contribution < -0.4 is 10.6 Å². The molecule has 0 spiro atoms. The molecule has 0 aliphatic carbocycles. The van der Waals surface area contributed by atoms with Gasteiger partial charge in [0.25, 0.3) is 0 Å². The molecule has 1 aliphatic heterocycles. The van der Waals surface area contributed by atoms with Gasteiger partial charge in [0.1, 0.15) is 0 Å². The summed E-state index contributed by atoms with van der Waals surface area (Å²) in [5.41, 5.74) is 0.282. The Morgan fingerprint density at radius 2 is 1.62 bits per heavy atom. The monoisotopic (exact) mass is 369 g/mol. The molecule has 26 heavy (non-hydrogen) atoms. The van der Waals surface area contributed by atoms with Crippen LogP contribution >= 0.6 is 0 Å². The zero-order chi connectivity index (χ0) is 19.6. The van der Waals surface area contributed by atoms with Crippen molar-refractivity contribution in [2.45, 2.75) is 59.5 Å². The van der Waals surface area contributed by atoms with Gasteiger partial charge in [-0.05, 0) is 40.2 Å². The fraction of sp³-hybridized carbons (Fsp3) is 1.00. The van der Waals surface area contributed by atoms with E-state index in [-0.39, 0.29) is 5.54 Å². The van der Waals surface area contributed by atoms with Gasteiger partial charge < -0.3 is 10.6 Å². The van der Waals surface area contributed by atoms with E-state index in [1.807, 2.05) is 7.05 Å². The highest BCUT2D eigenvalue weighted by atomic mass is 15.3. The Morgan fingerprint density at radius 3 is 2.12 bits per heavy atom. The van der Waals surface area contributed by atoms with Crippen LogP contribution in [0.5, 0.6) is 0 Å². The zero-order valence-corrected chi connectivity index (χ0v) is 18.8. The van der Waals surface area contributed by atoms with Crippen molar-refractivity contribution in [2.24, 2.45) is 5.92 Å². The Hall–Kier alpha value is -0.200. The van der Waals surface area contributed by atoms with E-state index < -0.39 is 0 Å². The van der Waals surface area contributed by atoms with Gasteiger partial charge in [-0.1, -0.05) is 20.8 Å². The molecule has 0 saturated carbocycles. The van der Waals surface area contributed by atoms with Gasteiger partial charge in [0.15, 0.2) is 0 Å². The molecule has 5 nitrogen and oxygen atoms in total. The van der Waals surface area contributed by atoms with E-state index in [9.17, 15) is 0 Å². The van der Waals surface area contributed by atoms with Gasteiger partial charge in [-0.15, -0.1) is 0 Å². The Labute approximate surface area is 163 Å². The number of nitrogens with zero attached hydrogens (tertiary/aromatic N) is 3. The highest BCUT2D eigenvalue weighted by Gasteiger charge is 2.33. The summed E-state index contributed by atoms with van der Waals surface area (Å²) in [4.78, 5) is 8.01. The van der Waals surface area contributed by atoms with Crippen LogP contribution in [0.3, 0.4) is 0 Å². The third-order valence-electron chi connectivity index (χ3n) is 6.62. The van der Waals surface area contributed by atoms with Crippen LogP contribution in [0.4, 0.5) is 0 Å². The van der Waals surface area contributed by atoms with E-state index in [0.29, 0.717) is 12.0 Å². The fourth-order valence-corrected chi connectivity index (χ4v) is 3.94. The number of piperazine rings is 1. The maximum absolute atomic E-state index is 3.58. The average Bonchev–Trinajstić information content (AvgIpc) is 2.63. The topological polar surface area (TPSA) is 33.8 Å². The summed E-state index contributed by atoms with van der Waals surface area (Å²) in [6.45, 7) is 25.8. The van der Waals surface area contributed by atoms with Gasteiger partial charge in [0.2, 0.25) is 0 Å². The predicted octanol–water partition coefficient (Wildman–Crippen LogP) is 1.95. The normalized spacial score (nSPS) is 19.6. The molecular formula is C21H47N5. The molecule has 1 rings (SSSR count). The van der Waals surface area contributed by atoms with E-state index >= 15 is 0 Å². The van der Waals surface area contributed by atoms with Crippen molar-refractivity contribution >= 4 is 0 Å². The molecule has 2 N–H and O–H groups in total. The lowest BCUT2D eigenvalue weighted by atomic mass is 9.84. The van der Waals surface area contributed by atoms with Crippen LogP contribution in [0.1, 0.15) is 48.0 Å². The molecule has 0 bridgehead atoms. The molecule has 1 unspecified atom stereocenters. The number of likely N-dealkylation sites (N-methyl/N-ethyl adjacent to an activating group) is 1. The highest BCUT2D eigenvalue weighted by Crippen LogP contribution is 2.28. The summed E-state index contributed by atoms with van der Waals surface area (Å²) in [7, 11) is 2.01. The first-order valence-electron chi connectivity index (χ1n) is 10.9. The zero-order valence-electron chi connectivity index (χ0n) is 18.8. The quantitative estimate of drug-likeness (QED) is 0.485. The number of hydrogen-bond acceptors (Lipinski definition) is 5. The Bertz CT molecular complexity index is 352. The standard InChI is InChI=1S/C21H47N5/c1-8-21(6,19(2)3)26(12-11-23-10-9-22-7)18-15-24-13-16-25(17-14-24)20(4)5/h19-20,22-23H,8-18H2,1-7H3. The molecular weight excluding hydrogens is 322 g/mol.